The Labute approximate surface area is 160 Å². The number of aromatic hydroxyl groups is 1. The van der Waals surface area contributed by atoms with E-state index in [1.807, 2.05) is 19.3 Å². The van der Waals surface area contributed by atoms with Gasteiger partial charge in [-0.3, -0.25) is 4.90 Å². The second kappa shape index (κ2) is 9.54. The fraction of sp³-hybridized carbons (Fsp3) is 0.316. The summed E-state index contributed by atoms with van der Waals surface area (Å²) in [5.41, 5.74) is 20.5. The first-order chi connectivity index (χ1) is 13.0. The topological polar surface area (TPSA) is 141 Å². The Morgan fingerprint density at radius 3 is 2.41 bits per heavy atom. The lowest BCUT2D eigenvalue weighted by molar-refractivity contribution is 0.172. The summed E-state index contributed by atoms with van der Waals surface area (Å²) >= 11 is 0. The molecule has 0 saturated carbocycles. The van der Waals surface area contributed by atoms with Crippen LogP contribution in [-0.2, 0) is 0 Å². The Morgan fingerprint density at radius 1 is 1.19 bits per heavy atom. The van der Waals surface area contributed by atoms with Crippen LogP contribution < -0.4 is 22.5 Å². The van der Waals surface area contributed by atoms with Crippen LogP contribution >= 0.6 is 0 Å². The van der Waals surface area contributed by atoms with Gasteiger partial charge >= 0.3 is 0 Å². The summed E-state index contributed by atoms with van der Waals surface area (Å²) in [6, 6.07) is 6.88. The average molecular weight is 371 g/mol. The molecule has 1 aromatic rings. The van der Waals surface area contributed by atoms with Gasteiger partial charge < -0.3 is 37.9 Å². The average Bonchev–Trinajstić information content (AvgIpc) is 2.66. The highest BCUT2D eigenvalue weighted by atomic mass is 16.3. The monoisotopic (exact) mass is 371 g/mol. The minimum absolute atomic E-state index is 0.113. The van der Waals surface area contributed by atoms with Gasteiger partial charge in [0.15, 0.2) is 0 Å². The van der Waals surface area contributed by atoms with Crippen LogP contribution in [0, 0.1) is 5.41 Å². The van der Waals surface area contributed by atoms with E-state index in [1.165, 1.54) is 6.21 Å². The van der Waals surface area contributed by atoms with Crippen LogP contribution in [0.2, 0.25) is 0 Å². The van der Waals surface area contributed by atoms with Crippen molar-refractivity contribution >= 4 is 11.9 Å². The SMILES string of the molecule is CN/C=C(\C=N)CN1CCN(C(/C=C(\N)c2ccccc2O)=C(N)N)CC1. The normalized spacial score (nSPS) is 16.1. The number of phenols is 1. The van der Waals surface area contributed by atoms with Gasteiger partial charge in [0, 0.05) is 63.4 Å². The molecule has 2 rings (SSSR count). The van der Waals surface area contributed by atoms with Gasteiger partial charge in [0.25, 0.3) is 0 Å². The Balaban J connectivity index is 2.09. The molecule has 8 nitrogen and oxygen atoms in total. The summed E-state index contributed by atoms with van der Waals surface area (Å²) in [4.78, 5) is 4.36. The van der Waals surface area contributed by atoms with Crippen molar-refractivity contribution in [1.29, 1.82) is 5.41 Å². The number of piperazine rings is 1. The van der Waals surface area contributed by atoms with Gasteiger partial charge in [-0.05, 0) is 23.8 Å². The van der Waals surface area contributed by atoms with Crippen molar-refractivity contribution in [2.45, 2.75) is 0 Å². The van der Waals surface area contributed by atoms with Crippen LogP contribution in [0.25, 0.3) is 5.70 Å². The zero-order valence-corrected chi connectivity index (χ0v) is 15.7. The summed E-state index contributed by atoms with van der Waals surface area (Å²) < 4.78 is 0. The molecule has 9 N–H and O–H groups in total. The molecular formula is C19H29N7O. The van der Waals surface area contributed by atoms with Gasteiger partial charge in [0.2, 0.25) is 0 Å². The maximum atomic E-state index is 9.98. The fourth-order valence-electron chi connectivity index (χ4n) is 3.02. The van der Waals surface area contributed by atoms with Crippen LogP contribution in [0.5, 0.6) is 5.75 Å². The molecule has 0 radical (unpaired) electrons. The molecule has 0 aromatic heterocycles. The summed E-state index contributed by atoms with van der Waals surface area (Å²) in [6.07, 6.45) is 4.91. The molecule has 0 unspecified atom stereocenters. The second-order valence-electron chi connectivity index (χ2n) is 6.37. The zero-order chi connectivity index (χ0) is 19.8. The highest BCUT2D eigenvalue weighted by Crippen LogP contribution is 2.23. The Morgan fingerprint density at radius 2 is 1.85 bits per heavy atom. The van der Waals surface area contributed by atoms with E-state index >= 15 is 0 Å². The quantitative estimate of drug-likeness (QED) is 0.296. The number of benzene rings is 1. The summed E-state index contributed by atoms with van der Waals surface area (Å²) in [6.45, 7) is 3.82. The lowest BCUT2D eigenvalue weighted by Gasteiger charge is -2.37. The van der Waals surface area contributed by atoms with E-state index in [1.54, 1.807) is 24.3 Å². The number of para-hydroxylation sites is 1. The third kappa shape index (κ3) is 5.42. The first-order valence-corrected chi connectivity index (χ1v) is 8.81. The molecule has 0 aliphatic carbocycles. The number of allylic oxidation sites excluding steroid dienone is 1. The standard InChI is InChI=1S/C19H29N7O/c1-24-12-14(11-20)13-25-6-8-26(9-7-25)17(19(22)23)10-16(21)15-4-2-3-5-18(15)27/h2-5,10-12,20,24,27H,6-9,13,21-23H2,1H3/b14-12+,16-10-,20-11?. The predicted molar refractivity (Wildman–Crippen MR) is 110 cm³/mol. The largest absolute Gasteiger partial charge is 0.507 e. The summed E-state index contributed by atoms with van der Waals surface area (Å²) in [7, 11) is 1.82. The molecule has 1 heterocycles. The highest BCUT2D eigenvalue weighted by molar-refractivity contribution is 5.76. The number of hydrogen-bond donors (Lipinski definition) is 6. The number of nitrogens with two attached hydrogens (primary N) is 3. The number of nitrogens with one attached hydrogen (secondary N) is 2. The minimum Gasteiger partial charge on any atom is -0.507 e. The van der Waals surface area contributed by atoms with E-state index in [2.05, 4.69) is 15.1 Å². The maximum Gasteiger partial charge on any atom is 0.124 e. The van der Waals surface area contributed by atoms with Crippen LogP contribution in [0.4, 0.5) is 0 Å². The lowest BCUT2D eigenvalue weighted by Crippen LogP contribution is -2.47. The number of phenolic OH excluding ortho intramolecular Hbond substituents is 1. The molecule has 1 fully saturated rings. The molecule has 0 bridgehead atoms. The van der Waals surface area contributed by atoms with Gasteiger partial charge in [0.05, 0.1) is 5.70 Å². The van der Waals surface area contributed by atoms with Gasteiger partial charge in [-0.15, -0.1) is 0 Å². The summed E-state index contributed by atoms with van der Waals surface area (Å²) in [5.74, 6) is 0.304. The first kappa shape index (κ1) is 20.2. The number of rotatable bonds is 7. The van der Waals surface area contributed by atoms with Crippen molar-refractivity contribution in [2.24, 2.45) is 17.2 Å². The molecule has 1 aliphatic rings. The Kier molecular flexibility index (Phi) is 7.13. The molecule has 1 aliphatic heterocycles. The van der Waals surface area contributed by atoms with E-state index in [4.69, 9.17) is 22.6 Å². The Bertz CT molecular complexity index is 742. The number of nitrogens with zero attached hydrogens (tertiary/aromatic N) is 2. The molecule has 0 amide bonds. The van der Waals surface area contributed by atoms with E-state index < -0.39 is 0 Å². The zero-order valence-electron chi connectivity index (χ0n) is 15.7. The van der Waals surface area contributed by atoms with Gasteiger partial charge in [0.1, 0.15) is 11.6 Å². The lowest BCUT2D eigenvalue weighted by atomic mass is 10.1. The van der Waals surface area contributed by atoms with Gasteiger partial charge in [-0.25, -0.2) is 0 Å². The van der Waals surface area contributed by atoms with Gasteiger partial charge in [-0.1, -0.05) is 12.1 Å². The van der Waals surface area contributed by atoms with Crippen molar-refractivity contribution in [3.8, 4) is 5.75 Å². The van der Waals surface area contributed by atoms with Crippen molar-refractivity contribution < 1.29 is 5.11 Å². The van der Waals surface area contributed by atoms with Crippen molar-refractivity contribution in [1.82, 2.24) is 15.1 Å². The van der Waals surface area contributed by atoms with Crippen LogP contribution in [-0.4, -0.2) is 60.9 Å². The van der Waals surface area contributed by atoms with Crippen LogP contribution in [0.15, 0.2) is 53.6 Å². The third-order valence-electron chi connectivity index (χ3n) is 4.44. The summed E-state index contributed by atoms with van der Waals surface area (Å²) in [5, 5.41) is 20.4. The van der Waals surface area contributed by atoms with E-state index in [-0.39, 0.29) is 11.6 Å². The predicted octanol–water partition coefficient (Wildman–Crippen LogP) is 0.149. The van der Waals surface area contributed by atoms with E-state index in [0.29, 0.717) is 23.5 Å². The van der Waals surface area contributed by atoms with Gasteiger partial charge in [-0.2, -0.15) is 0 Å². The molecular weight excluding hydrogens is 342 g/mol. The third-order valence-corrected chi connectivity index (χ3v) is 4.44. The molecule has 1 saturated heterocycles. The van der Waals surface area contributed by atoms with E-state index in [9.17, 15) is 5.11 Å². The second-order valence-corrected chi connectivity index (χ2v) is 6.37. The molecule has 0 spiro atoms. The molecule has 27 heavy (non-hydrogen) atoms. The minimum atomic E-state index is 0.113. The maximum absolute atomic E-state index is 9.98. The fourth-order valence-corrected chi connectivity index (χ4v) is 3.02. The molecule has 0 atom stereocenters. The molecule has 1 aromatic carbocycles. The Hall–Kier alpha value is -3.13. The van der Waals surface area contributed by atoms with E-state index in [0.717, 1.165) is 31.8 Å². The number of hydrogen-bond acceptors (Lipinski definition) is 8. The first-order valence-electron chi connectivity index (χ1n) is 8.81. The highest BCUT2D eigenvalue weighted by Gasteiger charge is 2.20. The smallest absolute Gasteiger partial charge is 0.124 e. The van der Waals surface area contributed by atoms with Crippen molar-refractivity contribution in [3.05, 3.63) is 59.2 Å². The molecule has 8 heteroatoms. The van der Waals surface area contributed by atoms with Crippen molar-refractivity contribution in [2.75, 3.05) is 39.8 Å². The molecule has 146 valence electrons. The van der Waals surface area contributed by atoms with Crippen molar-refractivity contribution in [3.63, 3.8) is 0 Å². The van der Waals surface area contributed by atoms with Crippen LogP contribution in [0.3, 0.4) is 0 Å². The van der Waals surface area contributed by atoms with Crippen LogP contribution in [0.1, 0.15) is 5.56 Å².